The third kappa shape index (κ3) is 4.02. The Balaban J connectivity index is 1.40. The summed E-state index contributed by atoms with van der Waals surface area (Å²) < 4.78 is 11.0. The minimum atomic E-state index is -0.555. The summed E-state index contributed by atoms with van der Waals surface area (Å²) in [5, 5.41) is 12.3. The van der Waals surface area contributed by atoms with Gasteiger partial charge in [-0.2, -0.15) is 5.10 Å². The lowest BCUT2D eigenvalue weighted by atomic mass is 9.85. The van der Waals surface area contributed by atoms with E-state index in [1.807, 2.05) is 36.4 Å². The summed E-state index contributed by atoms with van der Waals surface area (Å²) in [7, 11) is 1.72. The molecule has 6 rings (SSSR count). The third-order valence-corrected chi connectivity index (χ3v) is 6.64. The molecule has 3 heterocycles. The summed E-state index contributed by atoms with van der Waals surface area (Å²) in [6.07, 6.45) is 3.58. The zero-order valence-corrected chi connectivity index (χ0v) is 20.1. The van der Waals surface area contributed by atoms with Gasteiger partial charge in [0.15, 0.2) is 11.5 Å². The number of aromatic nitrogens is 1. The van der Waals surface area contributed by atoms with Gasteiger partial charge in [0.25, 0.3) is 11.8 Å². The number of primary amides is 1. The smallest absolute Gasteiger partial charge is 0.265 e. The molecule has 1 aliphatic carbocycles. The zero-order valence-electron chi connectivity index (χ0n) is 20.1. The van der Waals surface area contributed by atoms with Crippen LogP contribution in [-0.2, 0) is 11.2 Å². The minimum absolute atomic E-state index is 0.153. The van der Waals surface area contributed by atoms with E-state index in [0.29, 0.717) is 46.4 Å². The van der Waals surface area contributed by atoms with Gasteiger partial charge in [0.2, 0.25) is 6.79 Å². The van der Waals surface area contributed by atoms with Crippen LogP contribution in [0.3, 0.4) is 0 Å². The predicted octanol–water partition coefficient (Wildman–Crippen LogP) is 3.51. The number of pyridine rings is 1. The van der Waals surface area contributed by atoms with E-state index in [0.717, 1.165) is 35.2 Å². The van der Waals surface area contributed by atoms with Gasteiger partial charge in [-0.1, -0.05) is 6.07 Å². The first-order chi connectivity index (χ1) is 18.0. The molecule has 4 N–H and O–H groups in total. The number of nitrogens with zero attached hydrogens (tertiary/aromatic N) is 3. The Hall–Kier alpha value is -4.86. The quantitative estimate of drug-likeness (QED) is 0.493. The molecular formula is C27H24N6O4. The van der Waals surface area contributed by atoms with Crippen molar-refractivity contribution in [2.24, 2.45) is 10.8 Å². The second-order valence-corrected chi connectivity index (χ2v) is 8.86. The molecule has 3 aliphatic rings. The van der Waals surface area contributed by atoms with Crippen molar-refractivity contribution < 1.29 is 19.1 Å². The average molecular weight is 497 g/mol. The Morgan fingerprint density at radius 1 is 1.05 bits per heavy atom. The van der Waals surface area contributed by atoms with E-state index < -0.39 is 5.91 Å². The fourth-order valence-corrected chi connectivity index (χ4v) is 4.86. The molecule has 1 aromatic heterocycles. The van der Waals surface area contributed by atoms with Crippen molar-refractivity contribution in [3.63, 3.8) is 0 Å². The largest absolute Gasteiger partial charge is 0.454 e. The molecule has 0 bridgehead atoms. The highest BCUT2D eigenvalue weighted by molar-refractivity contribution is 6.39. The molecular weight excluding hydrogens is 472 g/mol. The van der Waals surface area contributed by atoms with Crippen LogP contribution < -0.4 is 30.8 Å². The first-order valence-electron chi connectivity index (χ1n) is 11.9. The van der Waals surface area contributed by atoms with Crippen molar-refractivity contribution >= 4 is 40.4 Å². The number of hydrogen-bond acceptors (Lipinski definition) is 8. The van der Waals surface area contributed by atoms with Crippen LogP contribution in [0.2, 0.25) is 0 Å². The van der Waals surface area contributed by atoms with Crippen LogP contribution in [0.25, 0.3) is 5.70 Å². The topological polar surface area (TPSA) is 131 Å². The third-order valence-electron chi connectivity index (χ3n) is 6.64. The number of ether oxygens (including phenoxy) is 2. The fourth-order valence-electron chi connectivity index (χ4n) is 4.86. The molecule has 3 aromatic rings. The van der Waals surface area contributed by atoms with Crippen LogP contribution in [-0.4, -0.2) is 36.4 Å². The van der Waals surface area contributed by atoms with E-state index in [9.17, 15) is 9.59 Å². The SMILES string of the molecule is CNc1ncccc1C(=O)Nc1ccc2c(c1)C1=C(CC2)CC(C(N)=O)=NN1c1ccc2c(c1)OCO2. The number of hydrogen-bond donors (Lipinski definition) is 3. The van der Waals surface area contributed by atoms with Crippen LogP contribution >= 0.6 is 0 Å². The van der Waals surface area contributed by atoms with Gasteiger partial charge >= 0.3 is 0 Å². The van der Waals surface area contributed by atoms with Crippen molar-refractivity contribution in [3.8, 4) is 11.5 Å². The molecule has 2 aromatic carbocycles. The van der Waals surface area contributed by atoms with Crippen molar-refractivity contribution in [1.29, 1.82) is 0 Å². The van der Waals surface area contributed by atoms with Gasteiger partial charge in [-0.3, -0.25) is 9.59 Å². The first kappa shape index (κ1) is 22.6. The van der Waals surface area contributed by atoms with Gasteiger partial charge in [0.05, 0.1) is 16.9 Å². The predicted molar refractivity (Wildman–Crippen MR) is 140 cm³/mol. The summed E-state index contributed by atoms with van der Waals surface area (Å²) in [4.78, 5) is 29.4. The van der Waals surface area contributed by atoms with E-state index in [4.69, 9.17) is 15.2 Å². The zero-order chi connectivity index (χ0) is 25.5. The summed E-state index contributed by atoms with van der Waals surface area (Å²) in [6.45, 7) is 0.153. The van der Waals surface area contributed by atoms with Gasteiger partial charge in [0.1, 0.15) is 11.5 Å². The second kappa shape index (κ2) is 8.98. The van der Waals surface area contributed by atoms with Gasteiger partial charge < -0.3 is 25.8 Å². The summed E-state index contributed by atoms with van der Waals surface area (Å²) >= 11 is 0. The van der Waals surface area contributed by atoms with Crippen LogP contribution in [0.5, 0.6) is 11.5 Å². The number of fused-ring (bicyclic) bond motifs is 3. The number of anilines is 3. The van der Waals surface area contributed by atoms with Gasteiger partial charge in [0, 0.05) is 37.0 Å². The number of allylic oxidation sites excluding steroid dienone is 1. The van der Waals surface area contributed by atoms with E-state index in [2.05, 4.69) is 20.7 Å². The molecule has 0 unspecified atom stereocenters. The summed E-state index contributed by atoms with van der Waals surface area (Å²) in [6, 6.07) is 14.8. The number of aryl methyl sites for hydroxylation is 1. The maximum atomic E-state index is 13.0. The molecule has 2 amide bonds. The normalized spacial score (nSPS) is 15.5. The van der Waals surface area contributed by atoms with E-state index in [1.165, 1.54) is 0 Å². The van der Waals surface area contributed by atoms with Crippen LogP contribution in [0.4, 0.5) is 17.2 Å². The van der Waals surface area contributed by atoms with Gasteiger partial charge in [-0.05, 0) is 60.4 Å². The molecule has 0 saturated heterocycles. The van der Waals surface area contributed by atoms with Crippen molar-refractivity contribution in [3.05, 3.63) is 77.0 Å². The summed E-state index contributed by atoms with van der Waals surface area (Å²) in [5.41, 5.74) is 11.7. The van der Waals surface area contributed by atoms with Crippen molar-refractivity contribution in [2.75, 3.05) is 29.5 Å². The van der Waals surface area contributed by atoms with Crippen molar-refractivity contribution in [2.45, 2.75) is 19.3 Å². The average Bonchev–Trinajstić information content (AvgIpc) is 3.40. The van der Waals surface area contributed by atoms with E-state index in [1.54, 1.807) is 30.4 Å². The molecule has 0 fully saturated rings. The Labute approximate surface area is 212 Å². The van der Waals surface area contributed by atoms with Gasteiger partial charge in [-0.15, -0.1) is 0 Å². The second-order valence-electron chi connectivity index (χ2n) is 8.86. The lowest BCUT2D eigenvalue weighted by Gasteiger charge is -2.34. The van der Waals surface area contributed by atoms with Crippen molar-refractivity contribution in [1.82, 2.24) is 4.98 Å². The number of rotatable bonds is 5. The minimum Gasteiger partial charge on any atom is -0.454 e. The van der Waals surface area contributed by atoms with Crippen LogP contribution in [0.15, 0.2) is 65.4 Å². The van der Waals surface area contributed by atoms with Crippen LogP contribution in [0.1, 0.15) is 34.3 Å². The summed E-state index contributed by atoms with van der Waals surface area (Å²) in [5.74, 6) is 0.931. The van der Waals surface area contributed by atoms with Gasteiger partial charge in [-0.25, -0.2) is 9.99 Å². The first-order valence-corrected chi connectivity index (χ1v) is 11.9. The number of hydrazone groups is 1. The number of benzene rings is 2. The molecule has 10 heteroatoms. The lowest BCUT2D eigenvalue weighted by Crippen LogP contribution is -2.33. The Kier molecular flexibility index (Phi) is 5.48. The molecule has 37 heavy (non-hydrogen) atoms. The number of carbonyl (C=O) groups excluding carboxylic acids is 2. The maximum absolute atomic E-state index is 13.0. The Morgan fingerprint density at radius 3 is 2.76 bits per heavy atom. The monoisotopic (exact) mass is 496 g/mol. The Bertz CT molecular complexity index is 1510. The van der Waals surface area contributed by atoms with E-state index >= 15 is 0 Å². The Morgan fingerprint density at radius 2 is 1.92 bits per heavy atom. The highest BCUT2D eigenvalue weighted by Crippen LogP contribution is 2.44. The molecule has 10 nitrogen and oxygen atoms in total. The van der Waals surface area contributed by atoms with E-state index in [-0.39, 0.29) is 12.7 Å². The highest BCUT2D eigenvalue weighted by Gasteiger charge is 2.32. The fraction of sp³-hybridized carbons (Fsp3) is 0.185. The lowest BCUT2D eigenvalue weighted by molar-refractivity contribution is -0.112. The molecule has 0 spiro atoms. The van der Waals surface area contributed by atoms with Crippen LogP contribution in [0, 0.1) is 0 Å². The number of amides is 2. The highest BCUT2D eigenvalue weighted by atomic mass is 16.7. The molecule has 0 atom stereocenters. The standard InChI is InChI=1S/C27H24N6O4/c1-29-26-19(3-2-10-30-26)27(35)31-17-7-6-15-4-5-16-11-21(25(28)34)32-33(24(16)20(15)12-17)18-8-9-22-23(13-18)37-14-36-22/h2-3,6-10,12-13H,4-5,11,14H2,1H3,(H2,28,34)(H,29,30)(H,31,35). The number of nitrogens with two attached hydrogens (primary N) is 1. The molecule has 0 radical (unpaired) electrons. The number of carbonyl (C=O) groups is 2. The molecule has 0 saturated carbocycles. The molecule has 2 aliphatic heterocycles. The maximum Gasteiger partial charge on any atom is 0.265 e. The number of nitrogens with one attached hydrogen (secondary N) is 2. The molecule has 186 valence electrons.